The Hall–Kier alpha value is -2.67. The molecule has 0 aliphatic carbocycles. The van der Waals surface area contributed by atoms with Crippen LogP contribution in [0.4, 0.5) is 0 Å². The van der Waals surface area contributed by atoms with Crippen LogP contribution in [0.2, 0.25) is 0 Å². The second-order valence-corrected chi connectivity index (χ2v) is 8.07. The zero-order valence-electron chi connectivity index (χ0n) is 19.7. The highest BCUT2D eigenvalue weighted by molar-refractivity contribution is 6.01. The fraction of sp³-hybridized carbons (Fsp3) is 0.577. The lowest BCUT2D eigenvalue weighted by Gasteiger charge is -2.07. The Morgan fingerprint density at radius 2 is 1.33 bits per heavy atom. The lowest BCUT2D eigenvalue weighted by molar-refractivity contribution is -0.137. The predicted octanol–water partition coefficient (Wildman–Crippen LogP) is 6.16. The number of benzene rings is 1. The van der Waals surface area contributed by atoms with E-state index in [9.17, 15) is 19.5 Å². The third-order valence-corrected chi connectivity index (χ3v) is 5.12. The minimum Gasteiger partial charge on any atom is -0.481 e. The highest BCUT2D eigenvalue weighted by atomic mass is 16.4. The van der Waals surface area contributed by atoms with Gasteiger partial charge in [0.15, 0.2) is 0 Å². The van der Waals surface area contributed by atoms with E-state index in [1.165, 1.54) is 49.9 Å². The van der Waals surface area contributed by atoms with Gasteiger partial charge in [-0.25, -0.2) is 9.59 Å². The van der Waals surface area contributed by atoms with Crippen LogP contribution in [0.15, 0.2) is 36.4 Å². The molecule has 0 heterocycles. The van der Waals surface area contributed by atoms with Gasteiger partial charge >= 0.3 is 17.9 Å². The van der Waals surface area contributed by atoms with E-state index >= 15 is 0 Å². The second-order valence-electron chi connectivity index (χ2n) is 8.07. The third kappa shape index (κ3) is 17.6. The monoisotopic (exact) mass is 464 g/mol. The summed E-state index contributed by atoms with van der Waals surface area (Å²) < 4.78 is 0. The Labute approximate surface area is 197 Å². The Morgan fingerprint density at radius 3 is 1.88 bits per heavy atom. The van der Waals surface area contributed by atoms with Crippen LogP contribution in [-0.2, 0) is 4.79 Å². The van der Waals surface area contributed by atoms with Crippen LogP contribution in [0.25, 0.3) is 0 Å². The molecule has 0 saturated carbocycles. The molecule has 0 fully saturated rings. The van der Waals surface area contributed by atoms with E-state index in [2.05, 4.69) is 19.1 Å². The zero-order valence-corrected chi connectivity index (χ0v) is 19.7. The van der Waals surface area contributed by atoms with E-state index in [0.29, 0.717) is 6.42 Å². The van der Waals surface area contributed by atoms with Gasteiger partial charge in [0, 0.05) is 6.42 Å². The lowest BCUT2D eigenvalue weighted by atomic mass is 10.1. The topological polar surface area (TPSA) is 132 Å². The summed E-state index contributed by atoms with van der Waals surface area (Å²) in [5.74, 6) is -3.15. The fourth-order valence-corrected chi connectivity index (χ4v) is 3.22. The van der Waals surface area contributed by atoms with Gasteiger partial charge in [0.25, 0.3) is 0 Å². The van der Waals surface area contributed by atoms with Crippen molar-refractivity contribution in [3.05, 3.63) is 47.5 Å². The number of aliphatic hydroxyl groups excluding tert-OH is 1. The summed E-state index contributed by atoms with van der Waals surface area (Å²) >= 11 is 0. The van der Waals surface area contributed by atoms with E-state index in [-0.39, 0.29) is 17.2 Å². The highest BCUT2D eigenvalue weighted by Gasteiger charge is 2.13. The molecule has 1 rings (SSSR count). The quantitative estimate of drug-likeness (QED) is 0.160. The van der Waals surface area contributed by atoms with Crippen molar-refractivity contribution in [2.24, 2.45) is 0 Å². The number of carboxylic acids is 3. The molecule has 4 N–H and O–H groups in total. The number of unbranched alkanes of at least 4 members (excludes halogenated alkanes) is 8. The normalized spacial score (nSPS) is 11.6. The molecule has 1 atom stereocenters. The first-order valence-electron chi connectivity index (χ1n) is 11.9. The molecular weight excluding hydrogens is 424 g/mol. The van der Waals surface area contributed by atoms with Crippen molar-refractivity contribution in [3.8, 4) is 0 Å². The van der Waals surface area contributed by atoms with Crippen molar-refractivity contribution >= 4 is 17.9 Å². The number of rotatable bonds is 17. The van der Waals surface area contributed by atoms with Gasteiger partial charge in [0.2, 0.25) is 0 Å². The number of aliphatic carboxylic acids is 1. The summed E-state index contributed by atoms with van der Waals surface area (Å²) in [6.45, 7) is 2.20. The second kappa shape index (κ2) is 20.0. The van der Waals surface area contributed by atoms with Gasteiger partial charge in [-0.2, -0.15) is 0 Å². The van der Waals surface area contributed by atoms with E-state index in [1.54, 1.807) is 0 Å². The largest absolute Gasteiger partial charge is 0.481 e. The van der Waals surface area contributed by atoms with Crippen molar-refractivity contribution < 1.29 is 34.8 Å². The molecule has 0 radical (unpaired) electrons. The maximum absolute atomic E-state index is 10.5. The number of hydrogen-bond acceptors (Lipinski definition) is 4. The van der Waals surface area contributed by atoms with E-state index < -0.39 is 17.9 Å². The van der Waals surface area contributed by atoms with Crippen LogP contribution >= 0.6 is 0 Å². The molecule has 0 spiro atoms. The molecule has 0 aromatic heterocycles. The smallest absolute Gasteiger partial charge is 0.336 e. The van der Waals surface area contributed by atoms with Crippen molar-refractivity contribution in [1.29, 1.82) is 0 Å². The molecule has 0 amide bonds. The van der Waals surface area contributed by atoms with E-state index in [0.717, 1.165) is 51.4 Å². The molecule has 1 aromatic rings. The number of carboxylic acid groups (broad SMARTS) is 3. The molecule has 1 aromatic carbocycles. The average molecular weight is 465 g/mol. The SMILES string of the molecule is CCCCCCC(O)C/C=C\CCCCCCCC(=O)O.O=C(O)c1ccccc1C(=O)O. The van der Waals surface area contributed by atoms with Crippen molar-refractivity contribution in [3.63, 3.8) is 0 Å². The van der Waals surface area contributed by atoms with E-state index in [4.69, 9.17) is 15.3 Å². The molecule has 0 bridgehead atoms. The number of aromatic carboxylic acids is 2. The first-order chi connectivity index (χ1) is 15.8. The Bertz CT molecular complexity index is 679. The summed E-state index contributed by atoms with van der Waals surface area (Å²) in [6.07, 6.45) is 17.4. The lowest BCUT2D eigenvalue weighted by Crippen LogP contribution is -2.06. The maximum Gasteiger partial charge on any atom is 0.336 e. The number of hydrogen-bond donors (Lipinski definition) is 4. The highest BCUT2D eigenvalue weighted by Crippen LogP contribution is 2.11. The molecule has 1 unspecified atom stereocenters. The number of allylic oxidation sites excluding steroid dienone is 1. The van der Waals surface area contributed by atoms with Gasteiger partial charge in [0.05, 0.1) is 17.2 Å². The minimum absolute atomic E-state index is 0.172. The van der Waals surface area contributed by atoms with Crippen LogP contribution in [0.5, 0.6) is 0 Å². The van der Waals surface area contributed by atoms with Gasteiger partial charge < -0.3 is 20.4 Å². The van der Waals surface area contributed by atoms with E-state index in [1.807, 2.05) is 0 Å². The fourth-order valence-electron chi connectivity index (χ4n) is 3.22. The van der Waals surface area contributed by atoms with Crippen LogP contribution in [0.3, 0.4) is 0 Å². The van der Waals surface area contributed by atoms with Crippen molar-refractivity contribution in [2.75, 3.05) is 0 Å². The molecule has 0 aliphatic rings. The Morgan fingerprint density at radius 1 is 0.788 bits per heavy atom. The summed E-state index contributed by atoms with van der Waals surface area (Å²) in [5.41, 5.74) is -0.380. The number of aliphatic hydroxyl groups is 1. The summed E-state index contributed by atoms with van der Waals surface area (Å²) in [4.78, 5) is 31.3. The molecular formula is C26H40O7. The molecule has 33 heavy (non-hydrogen) atoms. The molecule has 186 valence electrons. The van der Waals surface area contributed by atoms with Crippen LogP contribution in [-0.4, -0.2) is 44.4 Å². The molecule has 0 aliphatic heterocycles. The minimum atomic E-state index is -1.23. The van der Waals surface area contributed by atoms with Crippen LogP contribution < -0.4 is 0 Å². The average Bonchev–Trinajstić information content (AvgIpc) is 2.78. The molecule has 7 nitrogen and oxygen atoms in total. The van der Waals surface area contributed by atoms with Crippen LogP contribution in [0.1, 0.15) is 111 Å². The standard InChI is InChI=1S/C18H34O3.C8H6O4/c1-2-3-4-11-14-17(19)15-12-9-7-5-6-8-10-13-16-18(20)21;9-7(10)5-3-1-2-4-6(5)8(11)12/h9,12,17,19H,2-8,10-11,13-16H2,1H3,(H,20,21);1-4H,(H,9,10)(H,11,12)/b12-9-;. The van der Waals surface area contributed by atoms with Gasteiger partial charge in [-0.1, -0.05) is 76.2 Å². The summed E-state index contributed by atoms with van der Waals surface area (Å²) in [5, 5.41) is 35.4. The first-order valence-corrected chi connectivity index (χ1v) is 11.9. The summed E-state index contributed by atoms with van der Waals surface area (Å²) in [7, 11) is 0. The molecule has 0 saturated heterocycles. The first kappa shape index (κ1) is 30.3. The van der Waals surface area contributed by atoms with Gasteiger partial charge in [-0.3, -0.25) is 4.79 Å². The maximum atomic E-state index is 10.5. The van der Waals surface area contributed by atoms with Crippen LogP contribution in [0, 0.1) is 0 Å². The number of carbonyl (C=O) groups is 3. The zero-order chi connectivity index (χ0) is 24.9. The van der Waals surface area contributed by atoms with Gasteiger partial charge in [0.1, 0.15) is 0 Å². The van der Waals surface area contributed by atoms with Crippen molar-refractivity contribution in [2.45, 2.75) is 96.5 Å². The summed E-state index contributed by atoms with van der Waals surface area (Å²) in [6, 6.07) is 5.48. The molecule has 7 heteroatoms. The van der Waals surface area contributed by atoms with Crippen molar-refractivity contribution in [1.82, 2.24) is 0 Å². The Balaban J connectivity index is 0.000000716. The Kier molecular flexibility index (Phi) is 18.4. The van der Waals surface area contributed by atoms with Gasteiger partial charge in [-0.15, -0.1) is 0 Å². The predicted molar refractivity (Wildman–Crippen MR) is 129 cm³/mol. The van der Waals surface area contributed by atoms with Gasteiger partial charge in [-0.05, 0) is 44.2 Å². The third-order valence-electron chi connectivity index (χ3n) is 5.12.